The standard InChI is InChI=1S/C14H20O6S/c1-12-4-6-14(7-5-12)21(17,18)20-10-9-19-8-2-3-13(16)11-15/h4-7,15H,2-3,8-11H2,1H3. The molecule has 0 aromatic heterocycles. The number of hydrogen-bond donors (Lipinski definition) is 1. The largest absolute Gasteiger partial charge is 0.389 e. The van der Waals surface area contributed by atoms with Crippen LogP contribution in [-0.2, 0) is 23.8 Å². The van der Waals surface area contributed by atoms with E-state index in [0.717, 1.165) is 5.56 Å². The monoisotopic (exact) mass is 316 g/mol. The molecule has 0 unspecified atom stereocenters. The number of Topliss-reactive ketones (excluding diaryl/α,β-unsaturated/α-hetero) is 1. The van der Waals surface area contributed by atoms with E-state index in [9.17, 15) is 13.2 Å². The Morgan fingerprint density at radius 3 is 2.43 bits per heavy atom. The van der Waals surface area contributed by atoms with Crippen molar-refractivity contribution in [2.45, 2.75) is 24.7 Å². The van der Waals surface area contributed by atoms with Gasteiger partial charge in [0, 0.05) is 13.0 Å². The summed E-state index contributed by atoms with van der Waals surface area (Å²) in [6.07, 6.45) is 0.739. The molecule has 7 heteroatoms. The van der Waals surface area contributed by atoms with Crippen molar-refractivity contribution in [2.75, 3.05) is 26.4 Å². The number of aliphatic hydroxyl groups is 1. The lowest BCUT2D eigenvalue weighted by atomic mass is 10.2. The third-order valence-electron chi connectivity index (χ3n) is 2.70. The molecule has 0 aliphatic heterocycles. The van der Waals surface area contributed by atoms with Gasteiger partial charge in [0.1, 0.15) is 6.61 Å². The Bertz CT molecular complexity index is 535. The third kappa shape index (κ3) is 6.81. The van der Waals surface area contributed by atoms with Gasteiger partial charge in [-0.15, -0.1) is 0 Å². The van der Waals surface area contributed by atoms with Crippen molar-refractivity contribution in [3.63, 3.8) is 0 Å². The van der Waals surface area contributed by atoms with E-state index in [0.29, 0.717) is 13.0 Å². The SMILES string of the molecule is Cc1ccc(S(=O)(=O)OCCOCCCC(=O)CO)cc1. The van der Waals surface area contributed by atoms with Crippen LogP contribution >= 0.6 is 0 Å². The zero-order chi connectivity index (χ0) is 15.7. The molecule has 0 fully saturated rings. The fourth-order valence-electron chi connectivity index (χ4n) is 1.53. The van der Waals surface area contributed by atoms with Crippen LogP contribution in [-0.4, -0.2) is 45.7 Å². The molecule has 118 valence electrons. The van der Waals surface area contributed by atoms with Crippen LogP contribution in [0.1, 0.15) is 18.4 Å². The number of carbonyl (C=O) groups excluding carboxylic acids is 1. The molecule has 0 atom stereocenters. The van der Waals surface area contributed by atoms with Crippen molar-refractivity contribution in [2.24, 2.45) is 0 Å². The zero-order valence-corrected chi connectivity index (χ0v) is 12.8. The number of benzene rings is 1. The summed E-state index contributed by atoms with van der Waals surface area (Å²) in [5.41, 5.74) is 0.967. The minimum atomic E-state index is -3.75. The molecule has 0 spiro atoms. The number of carbonyl (C=O) groups is 1. The Kier molecular flexibility index (Phi) is 7.52. The summed E-state index contributed by atoms with van der Waals surface area (Å²) in [6, 6.07) is 6.38. The van der Waals surface area contributed by atoms with Crippen LogP contribution in [0.2, 0.25) is 0 Å². The van der Waals surface area contributed by atoms with Crippen molar-refractivity contribution in [3.8, 4) is 0 Å². The summed E-state index contributed by atoms with van der Waals surface area (Å²) in [7, 11) is -3.75. The highest BCUT2D eigenvalue weighted by Crippen LogP contribution is 2.12. The van der Waals surface area contributed by atoms with Crippen molar-refractivity contribution in [3.05, 3.63) is 29.8 Å². The van der Waals surface area contributed by atoms with Crippen LogP contribution in [0.15, 0.2) is 29.2 Å². The number of hydrogen-bond acceptors (Lipinski definition) is 6. The quantitative estimate of drug-likeness (QED) is 0.513. The van der Waals surface area contributed by atoms with Crippen LogP contribution in [0.4, 0.5) is 0 Å². The maximum atomic E-state index is 11.8. The molecule has 0 aliphatic carbocycles. The maximum absolute atomic E-state index is 11.8. The topological polar surface area (TPSA) is 89.9 Å². The molecule has 0 radical (unpaired) electrons. The second-order valence-corrected chi connectivity index (χ2v) is 6.12. The molecule has 0 saturated carbocycles. The summed E-state index contributed by atoms with van der Waals surface area (Å²) >= 11 is 0. The number of ether oxygens (including phenoxy) is 1. The van der Waals surface area contributed by atoms with Gasteiger partial charge in [-0.05, 0) is 25.5 Å². The second kappa shape index (κ2) is 8.89. The van der Waals surface area contributed by atoms with E-state index in [-0.39, 0.29) is 30.3 Å². The van der Waals surface area contributed by atoms with Gasteiger partial charge in [-0.2, -0.15) is 8.42 Å². The van der Waals surface area contributed by atoms with Gasteiger partial charge in [0.15, 0.2) is 5.78 Å². The number of aliphatic hydroxyl groups excluding tert-OH is 1. The summed E-state index contributed by atoms with van der Waals surface area (Å²) in [4.78, 5) is 10.9. The lowest BCUT2D eigenvalue weighted by molar-refractivity contribution is -0.122. The molecule has 0 bridgehead atoms. The highest BCUT2D eigenvalue weighted by molar-refractivity contribution is 7.86. The normalized spacial score (nSPS) is 11.5. The smallest absolute Gasteiger partial charge is 0.297 e. The summed E-state index contributed by atoms with van der Waals surface area (Å²) in [5.74, 6) is -0.239. The number of ketones is 1. The first-order valence-corrected chi connectivity index (χ1v) is 8.03. The van der Waals surface area contributed by atoms with Crippen LogP contribution in [0, 0.1) is 6.92 Å². The lowest BCUT2D eigenvalue weighted by Gasteiger charge is -2.06. The fraction of sp³-hybridized carbons (Fsp3) is 0.500. The van der Waals surface area contributed by atoms with Gasteiger partial charge >= 0.3 is 0 Å². The van der Waals surface area contributed by atoms with E-state index in [1.807, 2.05) is 6.92 Å². The van der Waals surface area contributed by atoms with Gasteiger partial charge in [0.2, 0.25) is 0 Å². The van der Waals surface area contributed by atoms with Crippen LogP contribution in [0.5, 0.6) is 0 Å². The van der Waals surface area contributed by atoms with Gasteiger partial charge in [-0.25, -0.2) is 0 Å². The molecule has 1 N–H and O–H groups in total. The van der Waals surface area contributed by atoms with Gasteiger partial charge < -0.3 is 9.84 Å². The highest BCUT2D eigenvalue weighted by atomic mass is 32.2. The van der Waals surface area contributed by atoms with Gasteiger partial charge in [0.05, 0.1) is 18.1 Å². The van der Waals surface area contributed by atoms with E-state index in [4.69, 9.17) is 14.0 Å². The predicted molar refractivity (Wildman–Crippen MR) is 76.5 cm³/mol. The van der Waals surface area contributed by atoms with Crippen LogP contribution in [0.25, 0.3) is 0 Å². The molecule has 1 aromatic carbocycles. The van der Waals surface area contributed by atoms with E-state index in [1.54, 1.807) is 12.1 Å². The molecule has 6 nitrogen and oxygen atoms in total. The summed E-state index contributed by atoms with van der Waals surface area (Å²) in [6.45, 7) is 1.77. The number of rotatable bonds is 10. The molecule has 21 heavy (non-hydrogen) atoms. The first-order chi connectivity index (χ1) is 9.95. The van der Waals surface area contributed by atoms with Crippen molar-refractivity contribution in [1.29, 1.82) is 0 Å². The van der Waals surface area contributed by atoms with E-state index >= 15 is 0 Å². The number of aryl methyl sites for hydroxylation is 1. The van der Waals surface area contributed by atoms with Crippen molar-refractivity contribution in [1.82, 2.24) is 0 Å². The molecule has 0 amide bonds. The Hall–Kier alpha value is -1.28. The first-order valence-electron chi connectivity index (χ1n) is 6.62. The lowest BCUT2D eigenvalue weighted by Crippen LogP contribution is -2.12. The maximum Gasteiger partial charge on any atom is 0.297 e. The molecule has 0 heterocycles. The Morgan fingerprint density at radius 2 is 1.81 bits per heavy atom. The molecule has 0 saturated heterocycles. The van der Waals surface area contributed by atoms with E-state index < -0.39 is 16.7 Å². The third-order valence-corrected chi connectivity index (χ3v) is 4.02. The minimum Gasteiger partial charge on any atom is -0.389 e. The molecule has 1 aromatic rings. The molecule has 1 rings (SSSR count). The summed E-state index contributed by atoms with van der Waals surface area (Å²) < 4.78 is 33.6. The second-order valence-electron chi connectivity index (χ2n) is 4.50. The minimum absolute atomic E-state index is 0.0792. The molecular formula is C14H20O6S. The average molecular weight is 316 g/mol. The zero-order valence-electron chi connectivity index (χ0n) is 11.9. The van der Waals surface area contributed by atoms with Gasteiger partial charge in [-0.1, -0.05) is 17.7 Å². The summed E-state index contributed by atoms with van der Waals surface area (Å²) in [5, 5.41) is 8.51. The predicted octanol–water partition coefficient (Wildman–Crippen LogP) is 1.06. The van der Waals surface area contributed by atoms with Gasteiger partial charge in [-0.3, -0.25) is 8.98 Å². The van der Waals surface area contributed by atoms with Crippen molar-refractivity contribution < 1.29 is 27.2 Å². The Morgan fingerprint density at radius 1 is 1.14 bits per heavy atom. The van der Waals surface area contributed by atoms with Crippen LogP contribution in [0.3, 0.4) is 0 Å². The Labute approximate surface area is 124 Å². The molecule has 0 aliphatic rings. The van der Waals surface area contributed by atoms with Gasteiger partial charge in [0.25, 0.3) is 10.1 Å². The Balaban J connectivity index is 2.23. The average Bonchev–Trinajstić information content (AvgIpc) is 2.46. The van der Waals surface area contributed by atoms with E-state index in [2.05, 4.69) is 0 Å². The van der Waals surface area contributed by atoms with Crippen molar-refractivity contribution >= 4 is 15.9 Å². The van der Waals surface area contributed by atoms with E-state index in [1.165, 1.54) is 12.1 Å². The highest BCUT2D eigenvalue weighted by Gasteiger charge is 2.14. The van der Waals surface area contributed by atoms with Crippen LogP contribution < -0.4 is 0 Å². The first kappa shape index (κ1) is 17.8. The fourth-order valence-corrected chi connectivity index (χ4v) is 2.42. The molecular weight excluding hydrogens is 296 g/mol.